The fourth-order valence-electron chi connectivity index (χ4n) is 5.82. The largest absolute Gasteiger partial charge is 2.00 e. The minimum atomic E-state index is -4.85. The summed E-state index contributed by atoms with van der Waals surface area (Å²) in [6.45, 7) is 0. The molecule has 0 aliphatic carbocycles. The molecule has 0 fully saturated rings. The van der Waals surface area contributed by atoms with Crippen LogP contribution in [0.15, 0.2) is 219 Å². The van der Waals surface area contributed by atoms with Gasteiger partial charge >= 0.3 is 298 Å². The second-order valence-corrected chi connectivity index (χ2v) is 26.9. The molecule has 4 unspecified atom stereocenters. The summed E-state index contributed by atoms with van der Waals surface area (Å²) in [5.41, 5.74) is 3.91. The van der Waals surface area contributed by atoms with Crippen LogP contribution in [0.5, 0.6) is 0 Å². The monoisotopic (exact) mass is 1430 g/mol. The fraction of sp³-hybridized carbons (Fsp3) is 0. The third-order valence-electron chi connectivity index (χ3n) is 9.02. The summed E-state index contributed by atoms with van der Waals surface area (Å²) in [6, 6.07) is 54.5. The van der Waals surface area contributed by atoms with E-state index in [1.807, 2.05) is 24.3 Å². The molecule has 10 N–H and O–H groups in total. The number of hydrogen-bond acceptors (Lipinski definition) is 12. The Labute approximate surface area is 464 Å². The maximum atomic E-state index is 10.5. The number of nitrogens with zero attached hydrogens (tertiary/aromatic N) is 4. The van der Waals surface area contributed by atoms with Gasteiger partial charge in [0.25, 0.3) is 0 Å². The van der Waals surface area contributed by atoms with Gasteiger partial charge in [-0.15, -0.1) is 0 Å². The molecular formula is C48H46As4Cd2N4O14+2. The maximum absolute atomic E-state index is 10.5. The van der Waals surface area contributed by atoms with Gasteiger partial charge in [-0.25, -0.2) is 0 Å². The van der Waals surface area contributed by atoms with Crippen molar-refractivity contribution in [2.45, 2.75) is 0 Å². The van der Waals surface area contributed by atoms with Crippen molar-refractivity contribution in [3.05, 3.63) is 219 Å². The van der Waals surface area contributed by atoms with Crippen LogP contribution in [0.3, 0.4) is 0 Å². The Hall–Kier alpha value is -4.16. The van der Waals surface area contributed by atoms with Crippen LogP contribution in [-0.4, -0.2) is 93.0 Å². The second kappa shape index (κ2) is 31.5. The molecule has 0 aliphatic rings. The third-order valence-corrected chi connectivity index (χ3v) is 17.0. The van der Waals surface area contributed by atoms with Crippen LogP contribution in [-0.2, 0) is 80.5 Å². The first-order valence-electron chi connectivity index (χ1n) is 19.9. The Balaban J connectivity index is 0.000000431. The number of rotatable bonds is 4. The van der Waals surface area contributed by atoms with E-state index in [9.17, 15) is 31.3 Å². The zero-order valence-corrected chi connectivity index (χ0v) is 53.6. The second-order valence-electron chi connectivity index (χ2n) is 13.9. The molecule has 0 saturated carbocycles. The van der Waals surface area contributed by atoms with Crippen molar-refractivity contribution >= 4 is 118 Å². The van der Waals surface area contributed by atoms with Crippen molar-refractivity contribution in [2.75, 3.05) is 0 Å². The van der Waals surface area contributed by atoms with Gasteiger partial charge in [-0.3, -0.25) is 19.9 Å². The maximum Gasteiger partial charge on any atom is 2.00 e. The minimum absolute atomic E-state index is 0. The molecule has 6 aromatic carbocycles. The van der Waals surface area contributed by atoms with Crippen LogP contribution >= 0.6 is 0 Å². The van der Waals surface area contributed by atoms with E-state index in [0.717, 1.165) is 43.6 Å². The topological polar surface area (TPSA) is 359 Å². The Kier molecular flexibility index (Phi) is 28.8. The smallest absolute Gasteiger partial charge is 0.457 e. The van der Waals surface area contributed by atoms with Crippen LogP contribution in [0.1, 0.15) is 0 Å². The van der Waals surface area contributed by atoms with Gasteiger partial charge in [-0.2, -0.15) is 0 Å². The van der Waals surface area contributed by atoms with E-state index in [0.29, 0.717) is 0 Å². The fourth-order valence-corrected chi connectivity index (χ4v) is 10.4. The first-order chi connectivity index (χ1) is 32.3. The molecule has 364 valence electrons. The summed E-state index contributed by atoms with van der Waals surface area (Å²) >= 11 is -19.4. The summed E-state index contributed by atoms with van der Waals surface area (Å²) in [7, 11) is 0. The zero-order valence-electron chi connectivity index (χ0n) is 38.0. The summed E-state index contributed by atoms with van der Waals surface area (Å²) < 4.78 is 118. The molecule has 0 amide bonds. The van der Waals surface area contributed by atoms with Gasteiger partial charge in [0.2, 0.25) is 0 Å². The molecule has 10 aromatic rings. The minimum Gasteiger partial charge on any atom is -0.457 e. The molecule has 72 heavy (non-hydrogen) atoms. The molecule has 0 bridgehead atoms. The third kappa shape index (κ3) is 21.4. The van der Waals surface area contributed by atoms with E-state index in [1.165, 1.54) is 48.5 Å². The molecule has 0 saturated heterocycles. The SMILES string of the molecule is O=[As]([O-])(O)c1ccccc1.O=[As]([O-])(O)c1ccccc1.O=[As]([O-])(O)c1ccccc1.O=[As]([O-])(O)c1ccccc1.[Cd+2].[Cd+2].[OH3+].[OH3+].c1cnc2c(c1)ccc1cccnc12.c1cnc2c(c1)ccc1cccnc12. The van der Waals surface area contributed by atoms with E-state index in [-0.39, 0.29) is 83.0 Å². The Bertz CT molecular complexity index is 2930. The van der Waals surface area contributed by atoms with Crippen molar-refractivity contribution in [1.82, 2.24) is 19.9 Å². The Morgan fingerprint density at radius 2 is 0.444 bits per heavy atom. The molecule has 4 aromatic heterocycles. The van der Waals surface area contributed by atoms with Crippen molar-refractivity contribution in [2.24, 2.45) is 0 Å². The van der Waals surface area contributed by atoms with Crippen LogP contribution in [0, 0.1) is 0 Å². The molecule has 10 rings (SSSR count). The van der Waals surface area contributed by atoms with Crippen LogP contribution < -0.4 is 33.8 Å². The molecule has 0 spiro atoms. The summed E-state index contributed by atoms with van der Waals surface area (Å²) in [5, 5.41) is 4.55. The number of hydrogen-bond donors (Lipinski definition) is 4. The predicted octanol–water partition coefficient (Wildman–Crippen LogP) is -1.82. The average Bonchev–Trinajstić information content (AvgIpc) is 3.35. The van der Waals surface area contributed by atoms with Gasteiger partial charge in [-0.05, 0) is 24.3 Å². The van der Waals surface area contributed by atoms with E-state index in [2.05, 4.69) is 68.5 Å². The van der Waals surface area contributed by atoms with Gasteiger partial charge in [0.05, 0.1) is 22.1 Å². The van der Waals surface area contributed by atoms with E-state index >= 15 is 0 Å². The van der Waals surface area contributed by atoms with E-state index in [4.69, 9.17) is 16.4 Å². The molecule has 0 aliphatic heterocycles. The molecule has 18 nitrogen and oxygen atoms in total. The van der Waals surface area contributed by atoms with Crippen LogP contribution in [0.2, 0.25) is 0 Å². The van der Waals surface area contributed by atoms with Crippen LogP contribution in [0.4, 0.5) is 0 Å². The first kappa shape index (κ1) is 65.9. The number of benzene rings is 6. The van der Waals surface area contributed by atoms with Gasteiger partial charge in [0, 0.05) is 46.3 Å². The van der Waals surface area contributed by atoms with Crippen LogP contribution in [0.25, 0.3) is 43.6 Å². The number of aromatic nitrogens is 4. The molecule has 24 heteroatoms. The number of fused-ring (bicyclic) bond motifs is 6. The molecule has 0 radical (unpaired) electrons. The van der Waals surface area contributed by atoms with Gasteiger partial charge in [0.15, 0.2) is 0 Å². The standard InChI is InChI=1S/2C12H8N2.4C6H7AsO3.2Cd.2H2O/c2*1-3-9-5-6-10-4-2-8-14-12(10)11(9)13-7-1;4*8-7(9,10)6-4-2-1-3-5-6;;;;/h2*1-8H;4*1-5H,(H2,8,9,10);;;2*1H2/q;;;;;;2*+2;;/p-2. The quantitative estimate of drug-likeness (QED) is 0.0856. The van der Waals surface area contributed by atoms with Crippen molar-refractivity contribution in [3.63, 3.8) is 0 Å². The zero-order chi connectivity index (χ0) is 49.2. The molecule has 4 heterocycles. The molecule has 4 atom stereocenters. The van der Waals surface area contributed by atoms with Gasteiger partial charge in [-0.1, -0.05) is 48.5 Å². The van der Waals surface area contributed by atoms with Crippen molar-refractivity contribution < 1.29 is 113 Å². The van der Waals surface area contributed by atoms with E-state index in [1.54, 1.807) is 97.6 Å². The normalized spacial score (nSPS) is 13.2. The van der Waals surface area contributed by atoms with Gasteiger partial charge < -0.3 is 11.0 Å². The first-order valence-corrected chi connectivity index (χ1v) is 33.1. The summed E-state index contributed by atoms with van der Waals surface area (Å²) in [6.07, 6.45) is 7.21. The van der Waals surface area contributed by atoms with Crippen molar-refractivity contribution in [1.29, 1.82) is 0 Å². The van der Waals surface area contributed by atoms with Crippen molar-refractivity contribution in [3.8, 4) is 0 Å². The Morgan fingerprint density at radius 3 is 0.583 bits per heavy atom. The Morgan fingerprint density at radius 1 is 0.278 bits per heavy atom. The van der Waals surface area contributed by atoms with E-state index < -0.39 is 56.7 Å². The average molecular weight is 1430 g/mol. The summed E-state index contributed by atoms with van der Waals surface area (Å²) in [4.78, 5) is 17.4. The van der Waals surface area contributed by atoms with Gasteiger partial charge in [0.1, 0.15) is 0 Å². The molecular weight excluding hydrogens is 1380 g/mol. The predicted molar refractivity (Wildman–Crippen MR) is 263 cm³/mol. The number of pyridine rings is 4. The summed E-state index contributed by atoms with van der Waals surface area (Å²) in [5.74, 6) is 0.